The first-order valence-corrected chi connectivity index (χ1v) is 8.89. The van der Waals surface area contributed by atoms with Gasteiger partial charge in [0.1, 0.15) is 5.60 Å². The number of rotatable bonds is 3. The van der Waals surface area contributed by atoms with E-state index >= 15 is 0 Å². The zero-order chi connectivity index (χ0) is 15.8. The molecule has 0 aromatic carbocycles. The van der Waals surface area contributed by atoms with E-state index in [9.17, 15) is 9.90 Å². The third kappa shape index (κ3) is 3.36. The Morgan fingerprint density at radius 2 is 2.09 bits per heavy atom. The quantitative estimate of drug-likeness (QED) is 0.898. The third-order valence-electron chi connectivity index (χ3n) is 4.81. The fourth-order valence-corrected chi connectivity index (χ4v) is 4.43. The van der Waals surface area contributed by atoms with Crippen molar-refractivity contribution >= 4 is 17.2 Å². The molecule has 4 nitrogen and oxygen atoms in total. The van der Waals surface area contributed by atoms with Gasteiger partial charge in [-0.05, 0) is 36.3 Å². The van der Waals surface area contributed by atoms with Crippen molar-refractivity contribution in [1.82, 2.24) is 5.32 Å². The molecule has 2 aliphatic rings. The Labute approximate surface area is 135 Å². The van der Waals surface area contributed by atoms with Crippen LogP contribution in [0.5, 0.6) is 0 Å². The van der Waals surface area contributed by atoms with Crippen molar-refractivity contribution in [3.63, 3.8) is 0 Å². The van der Waals surface area contributed by atoms with Crippen molar-refractivity contribution in [3.8, 4) is 0 Å². The molecule has 1 aliphatic heterocycles. The maximum absolute atomic E-state index is 12.2. The summed E-state index contributed by atoms with van der Waals surface area (Å²) in [6.45, 7) is 6.05. The maximum Gasteiger partial charge on any atom is 0.252 e. The minimum absolute atomic E-state index is 0.262. The Hall–Kier alpha value is -0.910. The van der Waals surface area contributed by atoms with Gasteiger partial charge in [-0.2, -0.15) is 0 Å². The lowest BCUT2D eigenvalue weighted by Crippen LogP contribution is -2.49. The maximum atomic E-state index is 12.2. The van der Waals surface area contributed by atoms with E-state index in [1.165, 1.54) is 21.7 Å². The highest BCUT2D eigenvalue weighted by molar-refractivity contribution is 7.12. The van der Waals surface area contributed by atoms with Crippen molar-refractivity contribution in [2.24, 2.45) is 5.41 Å². The van der Waals surface area contributed by atoms with Gasteiger partial charge in [-0.3, -0.25) is 4.79 Å². The largest absolute Gasteiger partial charge is 0.381 e. The first-order valence-electron chi connectivity index (χ1n) is 8.07. The molecule has 1 aliphatic carbocycles. The lowest BCUT2D eigenvalue weighted by Gasteiger charge is -2.30. The normalized spacial score (nSPS) is 22.9. The first-order chi connectivity index (χ1) is 10.4. The fourth-order valence-electron chi connectivity index (χ4n) is 3.30. The second-order valence-corrected chi connectivity index (χ2v) is 8.55. The molecule has 1 aromatic rings. The number of fused-ring (bicyclic) bond motifs is 1. The molecule has 22 heavy (non-hydrogen) atoms. The number of carbonyl (C=O) groups is 1. The average molecular weight is 323 g/mol. The van der Waals surface area contributed by atoms with Gasteiger partial charge in [-0.1, -0.05) is 13.8 Å². The second kappa shape index (κ2) is 5.95. The highest BCUT2D eigenvalue weighted by atomic mass is 32.1. The number of amides is 1. The number of ether oxygens (including phenoxy) is 1. The second-order valence-electron chi connectivity index (χ2n) is 7.33. The van der Waals surface area contributed by atoms with Crippen LogP contribution in [0.2, 0.25) is 0 Å². The van der Waals surface area contributed by atoms with E-state index in [0.717, 1.165) is 12.8 Å². The van der Waals surface area contributed by atoms with Crippen molar-refractivity contribution < 1.29 is 14.6 Å². The Morgan fingerprint density at radius 3 is 2.82 bits per heavy atom. The number of nitrogens with one attached hydrogen (secondary N) is 1. The lowest BCUT2D eigenvalue weighted by molar-refractivity contribution is -0.149. The molecule has 3 rings (SSSR count). The first kappa shape index (κ1) is 16.0. The zero-order valence-electron chi connectivity index (χ0n) is 13.4. The zero-order valence-corrected chi connectivity index (χ0v) is 14.2. The van der Waals surface area contributed by atoms with Crippen molar-refractivity contribution in [2.75, 3.05) is 13.2 Å². The Morgan fingerprint density at radius 1 is 1.36 bits per heavy atom. The van der Waals surface area contributed by atoms with E-state index in [-0.39, 0.29) is 5.91 Å². The Kier molecular flexibility index (Phi) is 4.32. The number of aryl methyl sites for hydroxylation is 1. The molecule has 1 aromatic heterocycles. The third-order valence-corrected chi connectivity index (χ3v) is 6.05. The molecule has 0 saturated carbocycles. The molecule has 2 heterocycles. The summed E-state index contributed by atoms with van der Waals surface area (Å²) < 4.78 is 5.21. The van der Waals surface area contributed by atoms with E-state index < -0.39 is 5.60 Å². The van der Waals surface area contributed by atoms with Crippen LogP contribution in [0.4, 0.5) is 0 Å². The van der Waals surface area contributed by atoms with Crippen molar-refractivity contribution in [2.45, 2.75) is 58.1 Å². The van der Waals surface area contributed by atoms with Crippen LogP contribution in [0.25, 0.3) is 0 Å². The number of carbonyl (C=O) groups excluding carboxylic acids is 1. The minimum Gasteiger partial charge on any atom is -0.381 e. The number of aliphatic hydroxyl groups is 1. The summed E-state index contributed by atoms with van der Waals surface area (Å²) >= 11 is 1.80. The summed E-state index contributed by atoms with van der Waals surface area (Å²) in [4.78, 5) is 14.9. The van der Waals surface area contributed by atoms with Crippen LogP contribution in [0.3, 0.4) is 0 Å². The summed E-state index contributed by atoms with van der Waals surface area (Å²) in [5.74, 6) is -0.262. The smallest absolute Gasteiger partial charge is 0.252 e. The summed E-state index contributed by atoms with van der Waals surface area (Å²) in [6, 6.07) is 2.23. The van der Waals surface area contributed by atoms with Gasteiger partial charge < -0.3 is 15.2 Å². The van der Waals surface area contributed by atoms with Crippen LogP contribution < -0.4 is 5.32 Å². The van der Waals surface area contributed by atoms with Crippen LogP contribution >= 0.6 is 11.3 Å². The van der Waals surface area contributed by atoms with Gasteiger partial charge in [-0.15, -0.1) is 11.3 Å². The monoisotopic (exact) mass is 323 g/mol. The predicted molar refractivity (Wildman–Crippen MR) is 87.0 cm³/mol. The summed E-state index contributed by atoms with van der Waals surface area (Å²) in [6.07, 6.45) is 4.25. The summed E-state index contributed by atoms with van der Waals surface area (Å²) in [5.41, 5.74) is 0.568. The van der Waals surface area contributed by atoms with Gasteiger partial charge in [0.05, 0.1) is 6.54 Å². The fraction of sp³-hybridized carbons (Fsp3) is 0.706. The van der Waals surface area contributed by atoms with Crippen molar-refractivity contribution in [3.05, 3.63) is 21.4 Å². The Bertz CT molecular complexity index is 558. The topological polar surface area (TPSA) is 58.6 Å². The molecule has 0 radical (unpaired) electrons. The molecule has 0 atom stereocenters. The summed E-state index contributed by atoms with van der Waals surface area (Å²) in [5, 5.41) is 13.3. The van der Waals surface area contributed by atoms with Crippen LogP contribution in [0, 0.1) is 5.41 Å². The van der Waals surface area contributed by atoms with E-state index in [4.69, 9.17) is 4.74 Å². The SMILES string of the molecule is CC1(C)CCc2sc(CNC(=O)C3(O)CCOCC3)cc2C1. The van der Waals surface area contributed by atoms with Gasteiger partial charge in [0.25, 0.3) is 5.91 Å². The van der Waals surface area contributed by atoms with Crippen LogP contribution in [0.1, 0.15) is 48.4 Å². The lowest BCUT2D eigenvalue weighted by atomic mass is 9.77. The van der Waals surface area contributed by atoms with Crippen LogP contribution in [-0.4, -0.2) is 29.8 Å². The molecule has 1 fully saturated rings. The highest BCUT2D eigenvalue weighted by Crippen LogP contribution is 2.38. The molecule has 0 bridgehead atoms. The number of hydrogen-bond acceptors (Lipinski definition) is 4. The van der Waals surface area contributed by atoms with Gasteiger partial charge in [0.15, 0.2) is 0 Å². The van der Waals surface area contributed by atoms with Gasteiger partial charge >= 0.3 is 0 Å². The summed E-state index contributed by atoms with van der Waals surface area (Å²) in [7, 11) is 0. The molecule has 5 heteroatoms. The molecule has 122 valence electrons. The molecule has 0 spiro atoms. The molecule has 1 saturated heterocycles. The van der Waals surface area contributed by atoms with E-state index in [1.54, 1.807) is 11.3 Å². The molecular weight excluding hydrogens is 298 g/mol. The standard InChI is InChI=1S/C17H25NO3S/c1-16(2)4-3-14-12(10-16)9-13(22-14)11-18-15(19)17(20)5-7-21-8-6-17/h9,20H,3-8,10-11H2,1-2H3,(H,18,19). The van der Waals surface area contributed by atoms with E-state index in [0.29, 0.717) is 38.0 Å². The highest BCUT2D eigenvalue weighted by Gasteiger charge is 2.37. The molecular formula is C17H25NO3S. The average Bonchev–Trinajstić information content (AvgIpc) is 2.86. The van der Waals surface area contributed by atoms with Crippen molar-refractivity contribution in [1.29, 1.82) is 0 Å². The van der Waals surface area contributed by atoms with Gasteiger partial charge in [0, 0.05) is 35.8 Å². The van der Waals surface area contributed by atoms with Gasteiger partial charge in [-0.25, -0.2) is 0 Å². The Balaban J connectivity index is 1.60. The van der Waals surface area contributed by atoms with E-state index in [2.05, 4.69) is 25.2 Å². The molecule has 1 amide bonds. The molecule has 2 N–H and O–H groups in total. The number of hydrogen-bond donors (Lipinski definition) is 2. The molecule has 0 unspecified atom stereocenters. The predicted octanol–water partition coefficient (Wildman–Crippen LogP) is 2.42. The van der Waals surface area contributed by atoms with E-state index in [1.807, 2.05) is 0 Å². The van der Waals surface area contributed by atoms with Gasteiger partial charge in [0.2, 0.25) is 0 Å². The number of thiophene rings is 1. The van der Waals surface area contributed by atoms with Crippen LogP contribution in [-0.2, 0) is 28.9 Å². The van der Waals surface area contributed by atoms with Crippen LogP contribution in [0.15, 0.2) is 6.07 Å². The minimum atomic E-state index is -1.25.